The van der Waals surface area contributed by atoms with Gasteiger partial charge in [-0.3, -0.25) is 14.9 Å². The molecule has 3 aromatic rings. The van der Waals surface area contributed by atoms with E-state index in [-0.39, 0.29) is 11.3 Å². The zero-order chi connectivity index (χ0) is 20.6. The van der Waals surface area contributed by atoms with Gasteiger partial charge >= 0.3 is 0 Å². The molecule has 146 valence electrons. The highest BCUT2D eigenvalue weighted by Gasteiger charge is 2.09. The van der Waals surface area contributed by atoms with Gasteiger partial charge in [-0.25, -0.2) is 5.43 Å². The minimum atomic E-state index is -0.523. The fraction of sp³-hybridized carbons (Fsp3) is 0.0476. The van der Waals surface area contributed by atoms with Crippen LogP contribution in [0.5, 0.6) is 5.75 Å². The smallest absolute Gasteiger partial charge is 0.271 e. The summed E-state index contributed by atoms with van der Waals surface area (Å²) in [4.78, 5) is 22.3. The van der Waals surface area contributed by atoms with Crippen LogP contribution in [-0.4, -0.2) is 17.0 Å². The number of amides is 1. The van der Waals surface area contributed by atoms with E-state index in [9.17, 15) is 14.9 Å². The van der Waals surface area contributed by atoms with Crippen molar-refractivity contribution in [3.8, 4) is 5.75 Å². The van der Waals surface area contributed by atoms with E-state index in [0.717, 1.165) is 10.0 Å². The van der Waals surface area contributed by atoms with Gasteiger partial charge in [0, 0.05) is 27.7 Å². The predicted octanol–water partition coefficient (Wildman–Crippen LogP) is 4.70. The molecule has 0 saturated carbocycles. The molecule has 0 radical (unpaired) electrons. The number of nitrogens with one attached hydrogen (secondary N) is 1. The average molecular weight is 454 g/mol. The number of hydrogen-bond donors (Lipinski definition) is 1. The van der Waals surface area contributed by atoms with Crippen molar-refractivity contribution < 1.29 is 14.5 Å². The molecule has 0 heterocycles. The summed E-state index contributed by atoms with van der Waals surface area (Å²) in [5, 5.41) is 14.6. The van der Waals surface area contributed by atoms with Crippen LogP contribution in [-0.2, 0) is 6.61 Å². The second kappa shape index (κ2) is 9.61. The maximum atomic E-state index is 12.1. The number of nitro groups is 1. The molecular weight excluding hydrogens is 438 g/mol. The molecule has 3 aromatic carbocycles. The molecule has 3 rings (SSSR count). The summed E-state index contributed by atoms with van der Waals surface area (Å²) in [5.41, 5.74) is 4.30. The van der Waals surface area contributed by atoms with Crippen molar-refractivity contribution in [1.82, 2.24) is 5.43 Å². The highest BCUT2D eigenvalue weighted by molar-refractivity contribution is 9.10. The first-order valence-electron chi connectivity index (χ1n) is 8.57. The molecule has 0 atom stereocenters. The monoisotopic (exact) mass is 453 g/mol. The second-order valence-electron chi connectivity index (χ2n) is 5.96. The van der Waals surface area contributed by atoms with Gasteiger partial charge in [0.25, 0.3) is 11.6 Å². The van der Waals surface area contributed by atoms with Gasteiger partial charge in [0.1, 0.15) is 12.4 Å². The van der Waals surface area contributed by atoms with E-state index in [0.29, 0.717) is 17.9 Å². The quantitative estimate of drug-likeness (QED) is 0.318. The molecule has 0 aliphatic carbocycles. The number of halogens is 1. The summed E-state index contributed by atoms with van der Waals surface area (Å²) in [6.45, 7) is 0.388. The van der Waals surface area contributed by atoms with Crippen LogP contribution in [0.1, 0.15) is 21.5 Å². The number of nitrogens with zero attached hydrogens (tertiary/aromatic N) is 2. The lowest BCUT2D eigenvalue weighted by Crippen LogP contribution is -2.17. The SMILES string of the molecule is O=C(NN=Cc1ccccc1OCc1cccc(Br)c1)c1ccc([N+](=O)[O-])cc1. The lowest BCUT2D eigenvalue weighted by atomic mass is 10.2. The standard InChI is InChI=1S/C21H16BrN3O4/c22-18-6-3-4-15(12-18)14-29-20-7-2-1-5-17(20)13-23-24-21(26)16-8-10-19(11-9-16)25(27)28/h1-13H,14H2,(H,24,26). The Hall–Kier alpha value is -3.52. The maximum absolute atomic E-state index is 12.1. The Bertz CT molecular complexity index is 1050. The van der Waals surface area contributed by atoms with Crippen molar-refractivity contribution in [3.05, 3.63) is 104 Å². The number of hydrazone groups is 1. The van der Waals surface area contributed by atoms with E-state index in [1.54, 1.807) is 0 Å². The highest BCUT2D eigenvalue weighted by Crippen LogP contribution is 2.19. The third kappa shape index (κ3) is 5.73. The van der Waals surface area contributed by atoms with Crippen molar-refractivity contribution in [2.24, 2.45) is 5.10 Å². The molecule has 0 aliphatic rings. The molecule has 8 heteroatoms. The molecule has 0 aromatic heterocycles. The molecule has 1 N–H and O–H groups in total. The van der Waals surface area contributed by atoms with Gasteiger partial charge in [-0.05, 0) is 42.0 Å². The molecule has 1 amide bonds. The molecule has 0 bridgehead atoms. The van der Waals surface area contributed by atoms with Crippen molar-refractivity contribution in [1.29, 1.82) is 0 Å². The first-order chi connectivity index (χ1) is 14.0. The summed E-state index contributed by atoms with van der Waals surface area (Å²) in [7, 11) is 0. The average Bonchev–Trinajstić information content (AvgIpc) is 2.73. The fourth-order valence-electron chi connectivity index (χ4n) is 2.47. The molecule has 0 fully saturated rings. The number of para-hydroxylation sites is 1. The number of carbonyl (C=O) groups is 1. The first kappa shape index (κ1) is 20.2. The van der Waals surface area contributed by atoms with Crippen LogP contribution in [0.2, 0.25) is 0 Å². The molecule has 29 heavy (non-hydrogen) atoms. The summed E-state index contributed by atoms with van der Waals surface area (Å²) < 4.78 is 6.84. The van der Waals surface area contributed by atoms with E-state index in [1.807, 2.05) is 48.5 Å². The van der Waals surface area contributed by atoms with Crippen molar-refractivity contribution in [2.45, 2.75) is 6.61 Å². The van der Waals surface area contributed by atoms with Gasteiger partial charge in [-0.2, -0.15) is 5.10 Å². The Labute approximate surface area is 175 Å². The van der Waals surface area contributed by atoms with Crippen LogP contribution in [0.15, 0.2) is 82.4 Å². The number of nitro benzene ring substituents is 1. The predicted molar refractivity (Wildman–Crippen MR) is 113 cm³/mol. The van der Waals surface area contributed by atoms with Crippen molar-refractivity contribution in [2.75, 3.05) is 0 Å². The number of benzene rings is 3. The molecular formula is C21H16BrN3O4. The van der Waals surface area contributed by atoms with Gasteiger partial charge in [-0.1, -0.05) is 40.2 Å². The summed E-state index contributed by atoms with van der Waals surface area (Å²) in [6, 6.07) is 20.4. The highest BCUT2D eigenvalue weighted by atomic mass is 79.9. The first-order valence-corrected chi connectivity index (χ1v) is 9.36. The van der Waals surface area contributed by atoms with Gasteiger partial charge in [0.05, 0.1) is 11.1 Å². The number of hydrogen-bond acceptors (Lipinski definition) is 5. The van der Waals surface area contributed by atoms with Crippen LogP contribution in [0.25, 0.3) is 0 Å². The van der Waals surface area contributed by atoms with Crippen LogP contribution in [0.4, 0.5) is 5.69 Å². The normalized spacial score (nSPS) is 10.7. The van der Waals surface area contributed by atoms with E-state index in [2.05, 4.69) is 26.5 Å². The van der Waals surface area contributed by atoms with E-state index in [1.165, 1.54) is 30.5 Å². The summed E-state index contributed by atoms with van der Waals surface area (Å²) in [6.07, 6.45) is 1.49. The number of ether oxygens (including phenoxy) is 1. The second-order valence-corrected chi connectivity index (χ2v) is 6.88. The zero-order valence-electron chi connectivity index (χ0n) is 15.1. The molecule has 0 unspecified atom stereocenters. The summed E-state index contributed by atoms with van der Waals surface area (Å²) >= 11 is 3.43. The number of rotatable bonds is 7. The number of carbonyl (C=O) groups excluding carboxylic acids is 1. The lowest BCUT2D eigenvalue weighted by Gasteiger charge is -2.09. The van der Waals surface area contributed by atoms with Crippen LogP contribution in [0, 0.1) is 10.1 Å². The zero-order valence-corrected chi connectivity index (χ0v) is 16.7. The number of non-ortho nitro benzene ring substituents is 1. The van der Waals surface area contributed by atoms with Crippen molar-refractivity contribution in [3.63, 3.8) is 0 Å². The minimum absolute atomic E-state index is 0.0819. The Kier molecular flexibility index (Phi) is 6.70. The third-order valence-corrected chi connectivity index (χ3v) is 4.41. The molecule has 0 spiro atoms. The van der Waals surface area contributed by atoms with Gasteiger partial charge in [0.15, 0.2) is 0 Å². The minimum Gasteiger partial charge on any atom is -0.488 e. The van der Waals surface area contributed by atoms with E-state index in [4.69, 9.17) is 4.74 Å². The van der Waals surface area contributed by atoms with Crippen LogP contribution >= 0.6 is 15.9 Å². The Morgan fingerprint density at radius 3 is 2.59 bits per heavy atom. The molecule has 0 aliphatic heterocycles. The van der Waals surface area contributed by atoms with E-state index < -0.39 is 10.8 Å². The van der Waals surface area contributed by atoms with Gasteiger partial charge in [-0.15, -0.1) is 0 Å². The molecule has 7 nitrogen and oxygen atoms in total. The van der Waals surface area contributed by atoms with E-state index >= 15 is 0 Å². The topological polar surface area (TPSA) is 93.8 Å². The third-order valence-electron chi connectivity index (χ3n) is 3.91. The van der Waals surface area contributed by atoms with Gasteiger partial charge < -0.3 is 4.74 Å². The maximum Gasteiger partial charge on any atom is 0.271 e. The van der Waals surface area contributed by atoms with Gasteiger partial charge in [0.2, 0.25) is 0 Å². The summed E-state index contributed by atoms with van der Waals surface area (Å²) in [5.74, 6) is 0.157. The van der Waals surface area contributed by atoms with Crippen LogP contribution < -0.4 is 10.2 Å². The Morgan fingerprint density at radius 2 is 1.86 bits per heavy atom. The Balaban J connectivity index is 1.63. The fourth-order valence-corrected chi connectivity index (χ4v) is 2.91. The van der Waals surface area contributed by atoms with Crippen molar-refractivity contribution >= 4 is 33.7 Å². The lowest BCUT2D eigenvalue weighted by molar-refractivity contribution is -0.384. The Morgan fingerprint density at radius 1 is 1.10 bits per heavy atom. The largest absolute Gasteiger partial charge is 0.488 e. The molecule has 0 saturated heterocycles. The van der Waals surface area contributed by atoms with Crippen LogP contribution in [0.3, 0.4) is 0 Å².